The van der Waals surface area contributed by atoms with Gasteiger partial charge in [0.15, 0.2) is 0 Å². The number of carboxylic acids is 1. The van der Waals surface area contributed by atoms with Gasteiger partial charge in [0, 0.05) is 43.7 Å². The van der Waals surface area contributed by atoms with Crippen LogP contribution in [0.1, 0.15) is 43.5 Å². The molecule has 2 aliphatic rings. The molecule has 0 spiro atoms. The van der Waals surface area contributed by atoms with Crippen LogP contribution in [0.5, 0.6) is 0 Å². The number of rotatable bonds is 12. The van der Waals surface area contributed by atoms with Crippen LogP contribution < -0.4 is 10.6 Å². The number of carboxylic acid groups (broad SMARTS) is 1. The second-order valence-corrected chi connectivity index (χ2v) is 10.5. The van der Waals surface area contributed by atoms with E-state index < -0.39 is 17.4 Å². The number of ether oxygens (including phenoxy) is 1. The number of nitrogens with zero attached hydrogens (tertiary/aromatic N) is 2. The molecule has 1 amide bonds. The number of anilines is 1. The normalized spacial score (nSPS) is 16.9. The summed E-state index contributed by atoms with van der Waals surface area (Å²) in [6.07, 6.45) is 4.08. The second kappa shape index (κ2) is 11.8. The first-order valence-electron chi connectivity index (χ1n) is 12.9. The zero-order valence-electron chi connectivity index (χ0n) is 21.3. The summed E-state index contributed by atoms with van der Waals surface area (Å²) in [4.78, 5) is 31.5. The van der Waals surface area contributed by atoms with Crippen molar-refractivity contribution in [2.75, 3.05) is 38.1 Å². The predicted octanol–water partition coefficient (Wildman–Crippen LogP) is 2.91. The smallest absolute Gasteiger partial charge is 0.326 e. The summed E-state index contributed by atoms with van der Waals surface area (Å²) >= 11 is 0. The second-order valence-electron chi connectivity index (χ2n) is 10.5. The molecule has 0 radical (unpaired) electrons. The Morgan fingerprint density at radius 1 is 1.22 bits per heavy atom. The Morgan fingerprint density at radius 3 is 2.75 bits per heavy atom. The molecule has 194 valence electrons. The van der Waals surface area contributed by atoms with Gasteiger partial charge >= 0.3 is 5.97 Å². The number of hydrogen-bond acceptors (Lipinski definition) is 6. The van der Waals surface area contributed by atoms with Gasteiger partial charge in [0.05, 0.1) is 12.7 Å². The molecule has 0 aliphatic carbocycles. The van der Waals surface area contributed by atoms with Crippen molar-refractivity contribution < 1.29 is 19.4 Å². The average Bonchev–Trinajstić information content (AvgIpc) is 2.84. The van der Waals surface area contributed by atoms with Crippen LogP contribution in [-0.2, 0) is 33.6 Å². The van der Waals surface area contributed by atoms with E-state index in [4.69, 9.17) is 9.72 Å². The highest BCUT2D eigenvalue weighted by atomic mass is 16.5. The number of pyridine rings is 1. The number of likely N-dealkylation sites (tertiary alicyclic amines) is 1. The molecule has 3 N–H and O–H groups in total. The summed E-state index contributed by atoms with van der Waals surface area (Å²) in [5.41, 5.74) is 2.68. The minimum atomic E-state index is -1.00. The zero-order chi connectivity index (χ0) is 25.5. The molecular formula is C28H38N4O4. The number of carbonyl (C=O) groups is 2. The number of benzene rings is 1. The quantitative estimate of drug-likeness (QED) is 0.417. The monoisotopic (exact) mass is 494 g/mol. The number of aliphatic carboxylic acids is 1. The molecule has 2 aliphatic heterocycles. The minimum absolute atomic E-state index is 0.156. The van der Waals surface area contributed by atoms with Gasteiger partial charge in [-0.2, -0.15) is 0 Å². The molecule has 36 heavy (non-hydrogen) atoms. The number of aromatic nitrogens is 1. The Bertz CT molecular complexity index is 1040. The lowest BCUT2D eigenvalue weighted by molar-refractivity contribution is -0.144. The van der Waals surface area contributed by atoms with Crippen LogP contribution in [0, 0.1) is 5.41 Å². The van der Waals surface area contributed by atoms with E-state index in [9.17, 15) is 14.7 Å². The summed E-state index contributed by atoms with van der Waals surface area (Å²) in [6.45, 7) is 7.46. The SMILES string of the molecule is CC(C)(Cc1ccccc1)C(=O)N[C@@H](CCN1CC(OCCc2ccc3c(n2)NCCC3)C1)C(=O)O. The van der Waals surface area contributed by atoms with Gasteiger partial charge in [0.1, 0.15) is 11.9 Å². The molecule has 0 saturated carbocycles. The summed E-state index contributed by atoms with van der Waals surface area (Å²) in [6, 6.07) is 13.1. The van der Waals surface area contributed by atoms with Crippen molar-refractivity contribution in [3.8, 4) is 0 Å². The molecule has 0 unspecified atom stereocenters. The molecule has 4 rings (SSSR count). The van der Waals surface area contributed by atoms with E-state index in [1.54, 1.807) is 0 Å². The molecule has 1 aromatic carbocycles. The van der Waals surface area contributed by atoms with E-state index >= 15 is 0 Å². The first-order valence-corrected chi connectivity index (χ1v) is 12.9. The number of fused-ring (bicyclic) bond motifs is 1. The number of carbonyl (C=O) groups excluding carboxylic acids is 1. The molecule has 1 fully saturated rings. The van der Waals surface area contributed by atoms with Crippen molar-refractivity contribution >= 4 is 17.7 Å². The Hall–Kier alpha value is -2.97. The fourth-order valence-corrected chi connectivity index (χ4v) is 4.76. The van der Waals surface area contributed by atoms with Crippen molar-refractivity contribution in [3.63, 3.8) is 0 Å². The van der Waals surface area contributed by atoms with Gasteiger partial charge in [-0.3, -0.25) is 9.69 Å². The van der Waals surface area contributed by atoms with Gasteiger partial charge in [-0.15, -0.1) is 0 Å². The highest BCUT2D eigenvalue weighted by molar-refractivity contribution is 5.87. The Balaban J connectivity index is 1.15. The van der Waals surface area contributed by atoms with Crippen LogP contribution in [0.15, 0.2) is 42.5 Å². The molecule has 3 heterocycles. The molecule has 1 aromatic heterocycles. The molecule has 1 atom stereocenters. The molecule has 1 saturated heterocycles. The van der Waals surface area contributed by atoms with Crippen LogP contribution >= 0.6 is 0 Å². The van der Waals surface area contributed by atoms with Crippen LogP contribution in [0.2, 0.25) is 0 Å². The third kappa shape index (κ3) is 7.04. The highest BCUT2D eigenvalue weighted by Gasteiger charge is 2.33. The Kier molecular flexibility index (Phi) is 8.59. The number of aryl methyl sites for hydroxylation is 1. The van der Waals surface area contributed by atoms with Crippen molar-refractivity contribution in [2.24, 2.45) is 5.41 Å². The molecule has 8 nitrogen and oxygen atoms in total. The topological polar surface area (TPSA) is 104 Å². The van der Waals surface area contributed by atoms with Gasteiger partial charge in [-0.05, 0) is 42.9 Å². The maximum Gasteiger partial charge on any atom is 0.326 e. The van der Waals surface area contributed by atoms with Gasteiger partial charge < -0.3 is 20.5 Å². The number of hydrogen-bond donors (Lipinski definition) is 3. The fraction of sp³-hybridized carbons (Fsp3) is 0.536. The van der Waals surface area contributed by atoms with Crippen molar-refractivity contribution in [2.45, 2.75) is 58.1 Å². The first-order chi connectivity index (χ1) is 17.3. The summed E-state index contributed by atoms with van der Waals surface area (Å²) < 4.78 is 5.99. The van der Waals surface area contributed by atoms with Gasteiger partial charge in [0.2, 0.25) is 5.91 Å². The third-order valence-corrected chi connectivity index (χ3v) is 7.03. The van der Waals surface area contributed by atoms with Gasteiger partial charge in [0.25, 0.3) is 0 Å². The average molecular weight is 495 g/mol. The Labute approximate surface area is 213 Å². The van der Waals surface area contributed by atoms with Crippen LogP contribution in [0.3, 0.4) is 0 Å². The lowest BCUT2D eigenvalue weighted by Gasteiger charge is -2.39. The van der Waals surface area contributed by atoms with Crippen molar-refractivity contribution in [1.82, 2.24) is 15.2 Å². The van der Waals surface area contributed by atoms with Gasteiger partial charge in [-0.1, -0.05) is 50.2 Å². The minimum Gasteiger partial charge on any atom is -0.480 e. The van der Waals surface area contributed by atoms with Crippen molar-refractivity contribution in [1.29, 1.82) is 0 Å². The van der Waals surface area contributed by atoms with E-state index in [1.165, 1.54) is 5.56 Å². The molecular weight excluding hydrogens is 456 g/mol. The largest absolute Gasteiger partial charge is 0.480 e. The highest BCUT2D eigenvalue weighted by Crippen LogP contribution is 2.23. The van der Waals surface area contributed by atoms with Crippen molar-refractivity contribution in [3.05, 3.63) is 59.3 Å². The lowest BCUT2D eigenvalue weighted by Crippen LogP contribution is -2.54. The van der Waals surface area contributed by atoms with E-state index in [2.05, 4.69) is 27.7 Å². The standard InChI is InChI=1S/C28H38N4O4/c1-28(2,17-20-7-4-3-5-8-20)27(35)31-24(26(33)34)12-15-32-18-23(19-32)36-16-13-22-11-10-21-9-6-14-29-25(21)30-22/h3-5,7-8,10-11,23-24H,6,9,12-19H2,1-2H3,(H,29,30)(H,31,35)(H,33,34)/t24-/m0/s1. The van der Waals surface area contributed by atoms with E-state index in [0.717, 1.165) is 56.0 Å². The number of nitrogens with one attached hydrogen (secondary N) is 2. The zero-order valence-corrected chi connectivity index (χ0v) is 21.3. The first kappa shape index (κ1) is 26.1. The lowest BCUT2D eigenvalue weighted by atomic mass is 9.84. The van der Waals surface area contributed by atoms with Crippen LogP contribution in [0.4, 0.5) is 5.82 Å². The fourth-order valence-electron chi connectivity index (χ4n) is 4.76. The summed E-state index contributed by atoms with van der Waals surface area (Å²) in [5.74, 6) is -0.231. The molecule has 2 aromatic rings. The summed E-state index contributed by atoms with van der Waals surface area (Å²) in [7, 11) is 0. The maximum atomic E-state index is 12.9. The van der Waals surface area contributed by atoms with E-state index in [0.29, 0.717) is 26.0 Å². The van der Waals surface area contributed by atoms with E-state index in [1.807, 2.05) is 44.2 Å². The third-order valence-electron chi connectivity index (χ3n) is 7.03. The Morgan fingerprint density at radius 2 is 2.00 bits per heavy atom. The predicted molar refractivity (Wildman–Crippen MR) is 139 cm³/mol. The summed E-state index contributed by atoms with van der Waals surface area (Å²) in [5, 5.41) is 15.8. The maximum absolute atomic E-state index is 12.9. The van der Waals surface area contributed by atoms with Gasteiger partial charge in [-0.25, -0.2) is 9.78 Å². The van der Waals surface area contributed by atoms with E-state index in [-0.39, 0.29) is 12.0 Å². The molecule has 8 heteroatoms. The van der Waals surface area contributed by atoms with Crippen LogP contribution in [-0.4, -0.2) is 71.8 Å². The molecule has 0 bridgehead atoms. The number of amides is 1. The van der Waals surface area contributed by atoms with Crippen LogP contribution in [0.25, 0.3) is 0 Å².